The zero-order valence-corrected chi connectivity index (χ0v) is 15.8. The van der Waals surface area contributed by atoms with Crippen molar-refractivity contribution in [1.29, 1.82) is 0 Å². The number of aryl methyl sites for hydroxylation is 3. The van der Waals surface area contributed by atoms with Crippen molar-refractivity contribution in [2.75, 3.05) is 13.7 Å². The average molecular weight is 348 g/mol. The van der Waals surface area contributed by atoms with E-state index in [4.69, 9.17) is 4.74 Å². The van der Waals surface area contributed by atoms with E-state index in [1.807, 2.05) is 17.9 Å². The van der Waals surface area contributed by atoms with Crippen LogP contribution in [0.25, 0.3) is 10.9 Å². The van der Waals surface area contributed by atoms with E-state index < -0.39 is 0 Å². The molecule has 1 amide bonds. The number of H-pyrrole nitrogens is 1. The number of carbonyl (C=O) groups excluding carboxylic acids is 1. The van der Waals surface area contributed by atoms with Crippen LogP contribution in [0.2, 0.25) is 0 Å². The monoisotopic (exact) mass is 348 g/mol. The molecule has 1 aliphatic heterocycles. The fourth-order valence-electron chi connectivity index (χ4n) is 4.00. The summed E-state index contributed by atoms with van der Waals surface area (Å²) in [5.74, 6) is 0.958. The van der Waals surface area contributed by atoms with E-state index in [1.165, 1.54) is 27.6 Å². The molecule has 0 unspecified atom stereocenters. The number of methoxy groups -OCH3 is 1. The van der Waals surface area contributed by atoms with Gasteiger partial charge in [0.1, 0.15) is 11.4 Å². The van der Waals surface area contributed by atoms with Crippen molar-refractivity contribution < 1.29 is 9.53 Å². The number of benzene rings is 2. The second kappa shape index (κ2) is 6.20. The second-order valence-corrected chi connectivity index (χ2v) is 7.19. The molecule has 0 saturated carbocycles. The smallest absolute Gasteiger partial charge is 0.270 e. The lowest BCUT2D eigenvalue weighted by atomic mass is 9.98. The van der Waals surface area contributed by atoms with E-state index in [0.717, 1.165) is 35.5 Å². The van der Waals surface area contributed by atoms with Gasteiger partial charge in [-0.15, -0.1) is 0 Å². The number of amides is 1. The molecule has 26 heavy (non-hydrogen) atoms. The summed E-state index contributed by atoms with van der Waals surface area (Å²) < 4.78 is 5.31. The second-order valence-electron chi connectivity index (χ2n) is 7.19. The molecule has 0 fully saturated rings. The first kappa shape index (κ1) is 16.7. The van der Waals surface area contributed by atoms with Gasteiger partial charge in [0.15, 0.2) is 0 Å². The number of carbonyl (C=O) groups is 1. The summed E-state index contributed by atoms with van der Waals surface area (Å²) in [6, 6.07) is 10.3. The topological polar surface area (TPSA) is 45.3 Å². The lowest BCUT2D eigenvalue weighted by Gasteiger charge is -2.29. The summed E-state index contributed by atoms with van der Waals surface area (Å²) in [5.41, 5.74) is 7.69. The summed E-state index contributed by atoms with van der Waals surface area (Å²) in [7, 11) is 1.68. The van der Waals surface area contributed by atoms with Crippen LogP contribution in [0, 0.1) is 20.8 Å². The first-order valence-corrected chi connectivity index (χ1v) is 9.03. The molecule has 1 aliphatic rings. The first-order valence-electron chi connectivity index (χ1n) is 9.03. The van der Waals surface area contributed by atoms with E-state index in [1.54, 1.807) is 7.11 Å². The maximum Gasteiger partial charge on any atom is 0.270 e. The minimum Gasteiger partial charge on any atom is -0.497 e. The lowest BCUT2D eigenvalue weighted by Crippen LogP contribution is -2.36. The van der Waals surface area contributed by atoms with Crippen LogP contribution in [0.5, 0.6) is 5.75 Å². The Morgan fingerprint density at radius 1 is 1.08 bits per heavy atom. The Morgan fingerprint density at radius 3 is 2.58 bits per heavy atom. The van der Waals surface area contributed by atoms with Crippen molar-refractivity contribution in [1.82, 2.24) is 9.88 Å². The maximum atomic E-state index is 13.2. The van der Waals surface area contributed by atoms with Crippen molar-refractivity contribution >= 4 is 16.8 Å². The van der Waals surface area contributed by atoms with Crippen LogP contribution in [0.3, 0.4) is 0 Å². The van der Waals surface area contributed by atoms with Gasteiger partial charge >= 0.3 is 0 Å². The van der Waals surface area contributed by atoms with Crippen LogP contribution < -0.4 is 4.74 Å². The highest BCUT2D eigenvalue weighted by atomic mass is 16.5. The molecule has 4 heteroatoms. The van der Waals surface area contributed by atoms with Gasteiger partial charge in [0.05, 0.1) is 7.11 Å². The highest BCUT2D eigenvalue weighted by Gasteiger charge is 2.25. The van der Waals surface area contributed by atoms with Crippen LogP contribution in [0.4, 0.5) is 0 Å². The fourth-order valence-corrected chi connectivity index (χ4v) is 4.00. The molecule has 134 valence electrons. The van der Waals surface area contributed by atoms with E-state index in [0.29, 0.717) is 6.54 Å². The van der Waals surface area contributed by atoms with E-state index in [-0.39, 0.29) is 5.91 Å². The summed E-state index contributed by atoms with van der Waals surface area (Å²) in [4.78, 5) is 18.6. The minimum absolute atomic E-state index is 0.0824. The molecule has 0 radical (unpaired) electrons. The quantitative estimate of drug-likeness (QED) is 0.750. The van der Waals surface area contributed by atoms with Gasteiger partial charge in [-0.2, -0.15) is 0 Å². The number of aromatic amines is 1. The van der Waals surface area contributed by atoms with Crippen molar-refractivity contribution in [3.8, 4) is 5.75 Å². The molecular weight excluding hydrogens is 324 g/mol. The first-order chi connectivity index (χ1) is 12.5. The Balaban J connectivity index is 1.68. The molecule has 0 saturated heterocycles. The molecule has 2 heterocycles. The zero-order valence-electron chi connectivity index (χ0n) is 15.8. The van der Waals surface area contributed by atoms with Gasteiger partial charge in [-0.1, -0.05) is 18.2 Å². The third kappa shape index (κ3) is 2.57. The Bertz CT molecular complexity index is 1020. The summed E-state index contributed by atoms with van der Waals surface area (Å²) in [6.07, 6.45) is 0.857. The van der Waals surface area contributed by atoms with Gasteiger partial charge in [0, 0.05) is 24.0 Å². The maximum absolute atomic E-state index is 13.2. The van der Waals surface area contributed by atoms with Gasteiger partial charge in [0.25, 0.3) is 5.91 Å². The van der Waals surface area contributed by atoms with E-state index in [9.17, 15) is 4.79 Å². The van der Waals surface area contributed by atoms with Crippen molar-refractivity contribution in [2.45, 2.75) is 33.7 Å². The number of hydrogen-bond donors (Lipinski definition) is 1. The summed E-state index contributed by atoms with van der Waals surface area (Å²) in [5, 5.41) is 1.18. The highest BCUT2D eigenvalue weighted by molar-refractivity contribution is 6.02. The van der Waals surface area contributed by atoms with Crippen molar-refractivity contribution in [3.63, 3.8) is 0 Å². The largest absolute Gasteiger partial charge is 0.497 e. The third-order valence-corrected chi connectivity index (χ3v) is 5.55. The van der Waals surface area contributed by atoms with Gasteiger partial charge in [0.2, 0.25) is 0 Å². The molecule has 0 aliphatic carbocycles. The number of hydrogen-bond acceptors (Lipinski definition) is 2. The Hall–Kier alpha value is -2.75. The van der Waals surface area contributed by atoms with Crippen LogP contribution in [-0.2, 0) is 13.0 Å². The summed E-state index contributed by atoms with van der Waals surface area (Å²) in [6.45, 7) is 7.59. The van der Waals surface area contributed by atoms with E-state index in [2.05, 4.69) is 43.1 Å². The number of ether oxygens (including phenoxy) is 1. The number of fused-ring (bicyclic) bond motifs is 2. The van der Waals surface area contributed by atoms with Crippen molar-refractivity contribution in [3.05, 3.63) is 63.8 Å². The molecule has 3 aromatic rings. The van der Waals surface area contributed by atoms with Gasteiger partial charge < -0.3 is 14.6 Å². The molecule has 1 N–H and O–H groups in total. The normalized spacial score (nSPS) is 13.8. The van der Waals surface area contributed by atoms with Crippen LogP contribution in [-0.4, -0.2) is 29.4 Å². The molecule has 2 aromatic carbocycles. The summed E-state index contributed by atoms with van der Waals surface area (Å²) >= 11 is 0. The Kier molecular flexibility index (Phi) is 3.98. The van der Waals surface area contributed by atoms with Crippen molar-refractivity contribution in [2.24, 2.45) is 0 Å². The Morgan fingerprint density at radius 2 is 1.85 bits per heavy atom. The van der Waals surface area contributed by atoms with Gasteiger partial charge in [-0.3, -0.25) is 4.79 Å². The zero-order chi connectivity index (χ0) is 18.4. The third-order valence-electron chi connectivity index (χ3n) is 5.55. The molecule has 0 spiro atoms. The number of nitrogens with zero attached hydrogens (tertiary/aromatic N) is 1. The average Bonchev–Trinajstić information content (AvgIpc) is 3.02. The predicted octanol–water partition coefficient (Wildman–Crippen LogP) is 4.30. The van der Waals surface area contributed by atoms with Crippen LogP contribution in [0.15, 0.2) is 30.3 Å². The number of nitrogens with one attached hydrogen (secondary N) is 1. The minimum atomic E-state index is 0.0824. The predicted molar refractivity (Wildman–Crippen MR) is 104 cm³/mol. The van der Waals surface area contributed by atoms with Crippen LogP contribution >= 0.6 is 0 Å². The van der Waals surface area contributed by atoms with E-state index >= 15 is 0 Å². The van der Waals surface area contributed by atoms with Gasteiger partial charge in [-0.25, -0.2) is 0 Å². The molecule has 0 bridgehead atoms. The van der Waals surface area contributed by atoms with Crippen LogP contribution in [0.1, 0.15) is 38.3 Å². The highest BCUT2D eigenvalue weighted by Crippen LogP contribution is 2.30. The molecule has 4 rings (SSSR count). The fraction of sp³-hybridized carbons (Fsp3) is 0.318. The number of rotatable bonds is 2. The molecule has 0 atom stereocenters. The van der Waals surface area contributed by atoms with Gasteiger partial charge in [-0.05, 0) is 67.1 Å². The molecular formula is C22H24N2O2. The SMILES string of the molecule is COc1ccc2c(c1)CCN(C(=O)c1[nH]c3c(C)ccc(C)c3c1C)C2. The molecule has 1 aromatic heterocycles. The molecule has 4 nitrogen and oxygen atoms in total. The standard InChI is InChI=1S/C22H24N2O2/c1-13-5-6-14(2)20-19(13)15(3)21(23-20)22(25)24-10-9-16-11-18(26-4)8-7-17(16)12-24/h5-8,11,23H,9-10,12H2,1-4H3. The number of aromatic nitrogens is 1. The lowest BCUT2D eigenvalue weighted by molar-refractivity contribution is 0.0729. The Labute approximate surface area is 153 Å².